The van der Waals surface area contributed by atoms with Crippen LogP contribution in [0.3, 0.4) is 0 Å². The first-order chi connectivity index (χ1) is 13.4. The van der Waals surface area contributed by atoms with Crippen LogP contribution in [0, 0.1) is 6.92 Å². The lowest BCUT2D eigenvalue weighted by Crippen LogP contribution is -2.49. The molecule has 1 aromatic carbocycles. The Morgan fingerprint density at radius 2 is 1.90 bits per heavy atom. The van der Waals surface area contributed by atoms with E-state index in [2.05, 4.69) is 14.2 Å². The fourth-order valence-electron chi connectivity index (χ4n) is 2.84. The monoisotopic (exact) mass is 429 g/mol. The van der Waals surface area contributed by atoms with Crippen molar-refractivity contribution in [2.24, 2.45) is 5.11 Å². The molecule has 1 heterocycles. The summed E-state index contributed by atoms with van der Waals surface area (Å²) in [4.78, 5) is 18.5. The summed E-state index contributed by atoms with van der Waals surface area (Å²) < 4.78 is 44.5. The predicted molar refractivity (Wildman–Crippen MR) is 104 cm³/mol. The smallest absolute Gasteiger partial charge is 0.444 e. The molecule has 1 aromatic rings. The van der Waals surface area contributed by atoms with E-state index < -0.39 is 16.1 Å². The molecule has 0 aliphatic carbocycles. The minimum atomic E-state index is -5.22. The topological polar surface area (TPSA) is 125 Å². The van der Waals surface area contributed by atoms with E-state index in [1.54, 1.807) is 31.7 Å². The van der Waals surface area contributed by atoms with Gasteiger partial charge in [0, 0.05) is 48.9 Å². The highest BCUT2D eigenvalue weighted by molar-refractivity contribution is 7.81. The van der Waals surface area contributed by atoms with E-state index in [1.165, 1.54) is 13.0 Å². The maximum absolute atomic E-state index is 13.0. The number of nitrogens with zero attached hydrogens (tertiary/aromatic N) is 5. The van der Waals surface area contributed by atoms with Crippen molar-refractivity contribution in [3.8, 4) is 5.75 Å². The van der Waals surface area contributed by atoms with Crippen molar-refractivity contribution >= 4 is 22.3 Å². The number of ether oxygens (including phenoxy) is 1. The van der Waals surface area contributed by atoms with Crippen LogP contribution >= 0.6 is 0 Å². The zero-order chi connectivity index (χ0) is 21.8. The molecule has 10 nitrogen and oxygen atoms in total. The Kier molecular flexibility index (Phi) is 6.93. The summed E-state index contributed by atoms with van der Waals surface area (Å²) in [5, 5.41) is 3.52. The standard InChI is InChI=1S/C17H24FN5O5S/c1-12-14(20-21-19)9-13(10-15(12)28-29(18,25)26)11-22-5-7-23(8-6-22)16(24)27-17(2,3)4/h9-10H,5-8,11H2,1-4H3. The first kappa shape index (κ1) is 22.7. The van der Waals surface area contributed by atoms with Gasteiger partial charge >= 0.3 is 16.6 Å². The number of azide groups is 1. The molecule has 1 fully saturated rings. The van der Waals surface area contributed by atoms with Crippen LogP contribution in [0.2, 0.25) is 0 Å². The molecule has 0 unspecified atom stereocenters. The van der Waals surface area contributed by atoms with Gasteiger partial charge in [-0.15, -0.1) is 0 Å². The third-order valence-electron chi connectivity index (χ3n) is 4.16. The summed E-state index contributed by atoms with van der Waals surface area (Å²) in [6, 6.07) is 2.98. The van der Waals surface area contributed by atoms with Crippen molar-refractivity contribution in [2.45, 2.75) is 39.8 Å². The number of carbonyl (C=O) groups excluding carboxylic acids is 1. The Labute approximate surface area is 169 Å². The van der Waals surface area contributed by atoms with Crippen molar-refractivity contribution in [2.75, 3.05) is 26.2 Å². The molecule has 1 aliphatic rings. The fourth-order valence-corrected chi connectivity index (χ4v) is 3.23. The molecule has 0 N–H and O–H groups in total. The number of hydrogen-bond donors (Lipinski definition) is 0. The molecule has 12 heteroatoms. The lowest BCUT2D eigenvalue weighted by atomic mass is 10.1. The Morgan fingerprint density at radius 1 is 1.28 bits per heavy atom. The van der Waals surface area contributed by atoms with Gasteiger partial charge in [-0.1, -0.05) is 9.00 Å². The number of amides is 1. The molecular weight excluding hydrogens is 405 g/mol. The van der Waals surface area contributed by atoms with Crippen LogP contribution in [0.15, 0.2) is 17.2 Å². The van der Waals surface area contributed by atoms with Gasteiger partial charge in [0.1, 0.15) is 11.4 Å². The van der Waals surface area contributed by atoms with Gasteiger partial charge in [-0.3, -0.25) is 4.90 Å². The van der Waals surface area contributed by atoms with Gasteiger partial charge in [-0.2, -0.15) is 8.42 Å². The predicted octanol–water partition coefficient (Wildman–Crippen LogP) is 3.58. The highest BCUT2D eigenvalue weighted by Crippen LogP contribution is 2.32. The number of benzene rings is 1. The number of hydrogen-bond acceptors (Lipinski definition) is 7. The molecule has 1 aliphatic heterocycles. The molecule has 0 bridgehead atoms. The SMILES string of the molecule is Cc1c(N=[N+]=[N-])cc(CN2CCN(C(=O)OC(C)(C)C)CC2)cc1OS(=O)(=O)F. The largest absolute Gasteiger partial charge is 0.488 e. The Morgan fingerprint density at radius 3 is 2.41 bits per heavy atom. The van der Waals surface area contributed by atoms with E-state index in [0.29, 0.717) is 38.3 Å². The average Bonchev–Trinajstić information content (AvgIpc) is 2.57. The van der Waals surface area contributed by atoms with Crippen LogP contribution < -0.4 is 4.18 Å². The highest BCUT2D eigenvalue weighted by atomic mass is 32.3. The molecule has 1 saturated heterocycles. The minimum absolute atomic E-state index is 0.149. The summed E-state index contributed by atoms with van der Waals surface area (Å²) in [5.41, 5.74) is 9.08. The summed E-state index contributed by atoms with van der Waals surface area (Å²) in [7, 11) is -5.22. The maximum atomic E-state index is 13.0. The molecule has 0 saturated carbocycles. The van der Waals surface area contributed by atoms with Crippen LogP contribution in [0.1, 0.15) is 31.9 Å². The van der Waals surface area contributed by atoms with Gasteiger partial charge < -0.3 is 13.8 Å². The molecule has 1 amide bonds. The van der Waals surface area contributed by atoms with Crippen molar-refractivity contribution in [1.82, 2.24) is 9.80 Å². The highest BCUT2D eigenvalue weighted by Gasteiger charge is 2.26. The van der Waals surface area contributed by atoms with Crippen LogP contribution in [-0.4, -0.2) is 56.1 Å². The lowest BCUT2D eigenvalue weighted by molar-refractivity contribution is 0.0139. The van der Waals surface area contributed by atoms with Crippen LogP contribution in [-0.2, 0) is 21.8 Å². The second-order valence-corrected chi connectivity index (χ2v) is 8.60. The Balaban J connectivity index is 2.10. The minimum Gasteiger partial charge on any atom is -0.444 e. The van der Waals surface area contributed by atoms with E-state index in [-0.39, 0.29) is 23.1 Å². The summed E-state index contributed by atoms with van der Waals surface area (Å²) in [5.74, 6) is -0.236. The van der Waals surface area contributed by atoms with Crippen LogP contribution in [0.5, 0.6) is 5.75 Å². The Hall–Kier alpha value is -2.56. The second kappa shape index (κ2) is 8.85. The average molecular weight is 429 g/mol. The van der Waals surface area contributed by atoms with Crippen molar-refractivity contribution in [1.29, 1.82) is 0 Å². The van der Waals surface area contributed by atoms with E-state index >= 15 is 0 Å². The van der Waals surface area contributed by atoms with Gasteiger partial charge in [0.05, 0.1) is 0 Å². The molecular formula is C17H24FN5O5S. The van der Waals surface area contributed by atoms with Gasteiger partial charge in [-0.25, -0.2) is 4.79 Å². The Bertz CT molecular complexity index is 917. The molecule has 2 rings (SSSR count). The van der Waals surface area contributed by atoms with Crippen LogP contribution in [0.25, 0.3) is 10.4 Å². The zero-order valence-corrected chi connectivity index (χ0v) is 17.6. The van der Waals surface area contributed by atoms with E-state index in [0.717, 1.165) is 0 Å². The lowest BCUT2D eigenvalue weighted by Gasteiger charge is -2.35. The number of halogens is 1. The molecule has 0 aromatic heterocycles. The third-order valence-corrected chi connectivity index (χ3v) is 4.54. The fraction of sp³-hybridized carbons (Fsp3) is 0.588. The maximum Gasteiger partial charge on any atom is 0.488 e. The van der Waals surface area contributed by atoms with Crippen molar-refractivity contribution < 1.29 is 26.0 Å². The molecule has 0 spiro atoms. The van der Waals surface area contributed by atoms with E-state index in [4.69, 9.17) is 10.3 Å². The van der Waals surface area contributed by atoms with Crippen molar-refractivity contribution in [3.63, 3.8) is 0 Å². The number of carbonyl (C=O) groups is 1. The first-order valence-corrected chi connectivity index (χ1v) is 10.2. The second-order valence-electron chi connectivity index (χ2n) is 7.65. The summed E-state index contributed by atoms with van der Waals surface area (Å²) in [6.45, 7) is 9.29. The van der Waals surface area contributed by atoms with Gasteiger partial charge in [0.2, 0.25) is 0 Å². The molecule has 160 valence electrons. The first-order valence-electron chi connectivity index (χ1n) is 8.91. The zero-order valence-electron chi connectivity index (χ0n) is 16.8. The normalized spacial score (nSPS) is 15.6. The number of piperazine rings is 1. The summed E-state index contributed by atoms with van der Waals surface area (Å²) >= 11 is 0. The summed E-state index contributed by atoms with van der Waals surface area (Å²) in [6.07, 6.45) is -0.373. The van der Waals surface area contributed by atoms with Gasteiger partial charge in [0.25, 0.3) is 0 Å². The van der Waals surface area contributed by atoms with E-state index in [9.17, 15) is 17.1 Å². The van der Waals surface area contributed by atoms with E-state index in [1.807, 2.05) is 4.90 Å². The molecule has 0 atom stereocenters. The third kappa shape index (κ3) is 7.08. The van der Waals surface area contributed by atoms with Crippen molar-refractivity contribution in [3.05, 3.63) is 33.7 Å². The van der Waals surface area contributed by atoms with Gasteiger partial charge in [-0.05, 0) is 50.9 Å². The molecule has 29 heavy (non-hydrogen) atoms. The van der Waals surface area contributed by atoms with Gasteiger partial charge in [0.15, 0.2) is 0 Å². The number of rotatable bonds is 5. The van der Waals surface area contributed by atoms with Crippen LogP contribution in [0.4, 0.5) is 14.4 Å². The quantitative estimate of drug-likeness (QED) is 0.305. The molecule has 0 radical (unpaired) electrons.